The minimum absolute atomic E-state index is 0.0302. The molecule has 3 aromatic carbocycles. The number of aryl methyl sites for hydroxylation is 1. The molecule has 16 heteroatoms. The summed E-state index contributed by atoms with van der Waals surface area (Å²) in [6.45, 7) is 18.2. The van der Waals surface area contributed by atoms with Crippen LogP contribution in [0.15, 0.2) is 77.5 Å². The number of rotatable bonds is 18. The number of halogens is 1. The Morgan fingerprint density at radius 3 is 2.30 bits per heavy atom. The van der Waals surface area contributed by atoms with E-state index in [2.05, 4.69) is 60.0 Å². The van der Waals surface area contributed by atoms with Gasteiger partial charge in [0.1, 0.15) is 36.6 Å². The van der Waals surface area contributed by atoms with Gasteiger partial charge in [0.25, 0.3) is 5.91 Å². The molecule has 67 heavy (non-hydrogen) atoms. The van der Waals surface area contributed by atoms with Crippen molar-refractivity contribution >= 4 is 40.9 Å². The third-order valence-electron chi connectivity index (χ3n) is 12.9. The molecule has 1 aromatic heterocycles. The van der Waals surface area contributed by atoms with E-state index in [0.717, 1.165) is 28.9 Å². The van der Waals surface area contributed by atoms with E-state index in [4.69, 9.17) is 25.5 Å². The minimum atomic E-state index is -0.971. The maximum absolute atomic E-state index is 14.1. The number of nitrogens with zero attached hydrogens (tertiary/aromatic N) is 3. The summed E-state index contributed by atoms with van der Waals surface area (Å²) in [5, 5.41) is 32.6. The number of β-amino-alcohol motifs (C(OH)–C–C–N with tert-alkyl or cyclic N) is 1. The van der Waals surface area contributed by atoms with Gasteiger partial charge in [-0.2, -0.15) is 5.26 Å². The van der Waals surface area contributed by atoms with Gasteiger partial charge in [0.05, 0.1) is 28.4 Å². The van der Waals surface area contributed by atoms with E-state index < -0.39 is 41.3 Å². The van der Waals surface area contributed by atoms with Crippen LogP contribution in [0, 0.1) is 34.5 Å². The molecule has 5 N–H and O–H groups in total. The largest absolute Gasteiger partial charge is 0.489 e. The second-order valence-electron chi connectivity index (χ2n) is 19.9. The SMILES string of the molecule is Cc1ncoc1-c1ccc([C@H](C)NC(=O)[C@@H]2C[C@@H](O)CN2C(=O)C(NC(=O)COCCCCNc2ccc(C(=O)N[C@H]3C(C)(C)[C@H](Oc4ccc(C#N)c(Cl)c4)C3(C)C)cc2)C(C)(C)C)cc1. The number of amides is 4. The molecule has 1 aliphatic carbocycles. The Bertz CT molecular complexity index is 2420. The molecule has 0 spiro atoms. The first-order valence-electron chi connectivity index (χ1n) is 22.8. The van der Waals surface area contributed by atoms with Crippen molar-refractivity contribution in [2.45, 2.75) is 118 Å². The van der Waals surface area contributed by atoms with E-state index in [1.807, 2.05) is 71.0 Å². The highest BCUT2D eigenvalue weighted by Crippen LogP contribution is 2.55. The fourth-order valence-electron chi connectivity index (χ4n) is 9.49. The molecule has 4 aromatic rings. The first kappa shape index (κ1) is 50.5. The zero-order chi connectivity index (χ0) is 48.8. The molecule has 6 rings (SSSR count). The number of nitrogens with one attached hydrogen (secondary N) is 4. The highest BCUT2D eigenvalue weighted by atomic mass is 35.5. The van der Waals surface area contributed by atoms with Gasteiger partial charge in [0.2, 0.25) is 17.7 Å². The third kappa shape index (κ3) is 11.8. The number of unbranched alkanes of at least 4 members (excludes halogenated alkanes) is 1. The van der Waals surface area contributed by atoms with Crippen molar-refractivity contribution < 1.29 is 38.2 Å². The summed E-state index contributed by atoms with van der Waals surface area (Å²) >= 11 is 6.24. The summed E-state index contributed by atoms with van der Waals surface area (Å²) in [5.74, 6) is -0.230. The smallest absolute Gasteiger partial charge is 0.251 e. The normalized spacial score (nSPS) is 20.4. The summed E-state index contributed by atoms with van der Waals surface area (Å²) in [7, 11) is 0. The number of nitriles is 1. The van der Waals surface area contributed by atoms with Crippen molar-refractivity contribution in [1.29, 1.82) is 5.26 Å². The number of anilines is 1. The van der Waals surface area contributed by atoms with Crippen LogP contribution in [0.3, 0.4) is 0 Å². The van der Waals surface area contributed by atoms with Crippen molar-refractivity contribution in [3.63, 3.8) is 0 Å². The second-order valence-corrected chi connectivity index (χ2v) is 20.4. The lowest BCUT2D eigenvalue weighted by Gasteiger charge is -2.63. The topological polar surface area (TPSA) is 208 Å². The van der Waals surface area contributed by atoms with Crippen LogP contribution in [-0.2, 0) is 19.1 Å². The monoisotopic (exact) mass is 937 g/mol. The Labute approximate surface area is 398 Å². The number of likely N-dealkylation sites (tertiary alicyclic amines) is 1. The van der Waals surface area contributed by atoms with Crippen LogP contribution in [-0.4, -0.2) is 95.3 Å². The molecule has 15 nitrogen and oxygen atoms in total. The van der Waals surface area contributed by atoms with Gasteiger partial charge in [-0.15, -0.1) is 0 Å². The Hall–Kier alpha value is -5.95. The number of aliphatic hydroxyl groups excluding tert-OH is 1. The van der Waals surface area contributed by atoms with Crippen molar-refractivity contribution in [3.05, 3.63) is 101 Å². The zero-order valence-electron chi connectivity index (χ0n) is 39.9. The number of benzene rings is 3. The Kier molecular flexibility index (Phi) is 15.8. The third-order valence-corrected chi connectivity index (χ3v) is 13.2. The number of carbonyl (C=O) groups excluding carboxylic acids is 4. The maximum atomic E-state index is 14.1. The molecule has 358 valence electrons. The van der Waals surface area contributed by atoms with Crippen LogP contribution in [0.5, 0.6) is 5.75 Å². The lowest BCUT2D eigenvalue weighted by Crippen LogP contribution is -2.74. The number of oxazole rings is 1. The van der Waals surface area contributed by atoms with Crippen LogP contribution in [0.2, 0.25) is 5.02 Å². The Morgan fingerprint density at radius 2 is 1.69 bits per heavy atom. The summed E-state index contributed by atoms with van der Waals surface area (Å²) in [5.41, 5.74) is 2.78. The molecule has 2 heterocycles. The van der Waals surface area contributed by atoms with E-state index in [0.29, 0.717) is 47.2 Å². The van der Waals surface area contributed by atoms with Crippen molar-refractivity contribution in [3.8, 4) is 23.1 Å². The minimum Gasteiger partial charge on any atom is -0.489 e. The van der Waals surface area contributed by atoms with Gasteiger partial charge in [-0.05, 0) is 74.1 Å². The summed E-state index contributed by atoms with van der Waals surface area (Å²) in [6, 6.07) is 19.5. The van der Waals surface area contributed by atoms with Crippen LogP contribution < -0.4 is 26.0 Å². The highest BCUT2D eigenvalue weighted by Gasteiger charge is 2.64. The van der Waals surface area contributed by atoms with Crippen LogP contribution in [0.4, 0.5) is 5.69 Å². The molecule has 1 saturated heterocycles. The fourth-order valence-corrected chi connectivity index (χ4v) is 9.71. The van der Waals surface area contributed by atoms with E-state index in [9.17, 15) is 29.5 Å². The predicted molar refractivity (Wildman–Crippen MR) is 255 cm³/mol. The van der Waals surface area contributed by atoms with E-state index in [-0.39, 0.29) is 54.5 Å². The first-order valence-corrected chi connectivity index (χ1v) is 23.2. The molecule has 4 amide bonds. The molecular weight excluding hydrogens is 874 g/mol. The number of hydrogen-bond acceptors (Lipinski definition) is 11. The summed E-state index contributed by atoms with van der Waals surface area (Å²) < 4.78 is 17.5. The molecule has 1 unspecified atom stereocenters. The number of aliphatic hydroxyl groups is 1. The van der Waals surface area contributed by atoms with Gasteiger partial charge < -0.3 is 45.2 Å². The van der Waals surface area contributed by atoms with Gasteiger partial charge in [-0.25, -0.2) is 4.98 Å². The fraction of sp³-hybridized carbons (Fsp3) is 0.490. The molecule has 0 radical (unpaired) electrons. The zero-order valence-corrected chi connectivity index (χ0v) is 40.6. The average Bonchev–Trinajstić information content (AvgIpc) is 3.90. The maximum Gasteiger partial charge on any atom is 0.251 e. The number of ether oxygens (including phenoxy) is 2. The van der Waals surface area contributed by atoms with Crippen LogP contribution >= 0.6 is 11.6 Å². The standard InChI is InChI=1S/C51H64ClN7O8/c1-30(32-12-14-33(15-13-32)42-31(2)55-29-66-42)56-45(63)40-24-37(60)27-59(40)46(64)43(49(3,4)5)57-41(61)28-65-23-11-10-22-54-36-19-16-34(17-20-36)44(62)58-47-50(6,7)48(51(47,8)9)67-38-21-18-35(26-53)39(52)25-38/h12-21,25,29-30,37,40,43,47-48,54,60H,10-11,22-24,27-28H2,1-9H3,(H,56,63)(H,57,61)(H,58,62)/t30-,37+,40-,43?,47-,48-/m0/s1. The van der Waals surface area contributed by atoms with Crippen molar-refractivity contribution in [2.24, 2.45) is 16.2 Å². The lowest BCUT2D eigenvalue weighted by molar-refractivity contribution is -0.164. The van der Waals surface area contributed by atoms with E-state index >= 15 is 0 Å². The Morgan fingerprint density at radius 1 is 1.00 bits per heavy atom. The van der Waals surface area contributed by atoms with Gasteiger partial charge in [0, 0.05) is 65.9 Å². The number of carbonyl (C=O) groups is 4. The summed E-state index contributed by atoms with van der Waals surface area (Å²) in [4.78, 5) is 59.7. The molecule has 0 bridgehead atoms. The quantitative estimate of drug-likeness (QED) is 0.0623. The van der Waals surface area contributed by atoms with Crippen LogP contribution in [0.25, 0.3) is 11.3 Å². The molecule has 1 aliphatic heterocycles. The molecule has 2 aliphatic rings. The molecule has 1 saturated carbocycles. The second kappa shape index (κ2) is 20.9. The van der Waals surface area contributed by atoms with Gasteiger partial charge in [-0.3, -0.25) is 19.2 Å². The Balaban J connectivity index is 0.906. The van der Waals surface area contributed by atoms with E-state index in [1.165, 1.54) is 11.3 Å². The number of hydrogen-bond donors (Lipinski definition) is 5. The molecule has 4 atom stereocenters. The van der Waals surface area contributed by atoms with Gasteiger partial charge >= 0.3 is 0 Å². The van der Waals surface area contributed by atoms with Gasteiger partial charge in [0.15, 0.2) is 12.2 Å². The summed E-state index contributed by atoms with van der Waals surface area (Å²) in [6.07, 6.45) is 1.80. The van der Waals surface area contributed by atoms with Gasteiger partial charge in [-0.1, -0.05) is 84.3 Å². The first-order chi connectivity index (χ1) is 31.6. The molecule has 2 fully saturated rings. The van der Waals surface area contributed by atoms with E-state index in [1.54, 1.807) is 30.3 Å². The predicted octanol–water partition coefficient (Wildman–Crippen LogP) is 7.37. The van der Waals surface area contributed by atoms with Crippen molar-refractivity contribution in [1.82, 2.24) is 25.8 Å². The molecular formula is C51H64ClN7O8. The van der Waals surface area contributed by atoms with Crippen LogP contribution in [0.1, 0.15) is 108 Å². The lowest BCUT2D eigenvalue weighted by atomic mass is 9.49. The average molecular weight is 939 g/mol. The number of aromatic nitrogens is 1. The highest BCUT2D eigenvalue weighted by molar-refractivity contribution is 6.31. The van der Waals surface area contributed by atoms with Crippen molar-refractivity contribution in [2.75, 3.05) is 31.6 Å².